The molecule has 2 atom stereocenters. The molecule has 0 saturated heterocycles. The van der Waals surface area contributed by atoms with Crippen molar-refractivity contribution in [2.75, 3.05) is 109 Å². The van der Waals surface area contributed by atoms with Gasteiger partial charge in [-0.25, -0.2) is 0 Å². The number of ketones is 2. The Hall–Kier alpha value is -3.47. The van der Waals surface area contributed by atoms with E-state index in [1.54, 1.807) is 42.9 Å². The molecular weight excluding hydrogens is 743 g/mol. The summed E-state index contributed by atoms with van der Waals surface area (Å²) in [6.07, 6.45) is 7.57. The molecule has 0 aromatic rings. The van der Waals surface area contributed by atoms with E-state index in [-0.39, 0.29) is 59.6 Å². The first kappa shape index (κ1) is 54.5. The first-order chi connectivity index (χ1) is 27.1. The summed E-state index contributed by atoms with van der Waals surface area (Å²) in [4.78, 5) is 98.1. The highest BCUT2D eigenvalue weighted by molar-refractivity contribution is 5.89. The van der Waals surface area contributed by atoms with E-state index in [0.29, 0.717) is 97.1 Å². The number of amides is 5. The van der Waals surface area contributed by atoms with Gasteiger partial charge in [-0.3, -0.25) is 33.6 Å². The quantitative estimate of drug-likeness (QED) is 0.0705. The molecule has 0 bridgehead atoms. The van der Waals surface area contributed by atoms with Crippen LogP contribution in [0.5, 0.6) is 0 Å². The molecule has 0 rings (SSSR count). The molecule has 2 unspecified atom stereocenters. The maximum atomic E-state index is 13.4. The second kappa shape index (κ2) is 30.6. The highest BCUT2D eigenvalue weighted by atomic mass is 16.2. The fraction of sp³-hybridized carbons (Fsp3) is 0.833. The molecule has 0 aromatic carbocycles. The van der Waals surface area contributed by atoms with E-state index in [9.17, 15) is 33.6 Å². The predicted molar refractivity (Wildman–Crippen MR) is 230 cm³/mol. The number of nitrogens with zero attached hydrogens (tertiary/aromatic N) is 5. The predicted octanol–water partition coefficient (Wildman–Crippen LogP) is 1.52. The van der Waals surface area contributed by atoms with Crippen molar-refractivity contribution < 1.29 is 33.6 Å². The molecule has 0 spiro atoms. The van der Waals surface area contributed by atoms with Crippen LogP contribution in [0.1, 0.15) is 104 Å². The topological polar surface area (TPSA) is 184 Å². The lowest BCUT2D eigenvalue weighted by Crippen LogP contribution is -2.49. The largest absolute Gasteiger partial charge is 0.354 e. The molecule has 58 heavy (non-hydrogen) atoms. The molecule has 16 nitrogen and oxygen atoms in total. The van der Waals surface area contributed by atoms with E-state index in [1.807, 2.05) is 58.8 Å². The van der Waals surface area contributed by atoms with Crippen LogP contribution in [0, 0.1) is 5.41 Å². The van der Waals surface area contributed by atoms with Gasteiger partial charge in [0.25, 0.3) is 0 Å². The lowest BCUT2D eigenvalue weighted by Gasteiger charge is -2.27. The van der Waals surface area contributed by atoms with Crippen molar-refractivity contribution in [1.82, 2.24) is 45.8 Å². The highest BCUT2D eigenvalue weighted by Crippen LogP contribution is 2.20. The van der Waals surface area contributed by atoms with Gasteiger partial charge in [0.2, 0.25) is 29.5 Å². The van der Waals surface area contributed by atoms with Crippen molar-refractivity contribution in [3.8, 4) is 0 Å². The van der Waals surface area contributed by atoms with Gasteiger partial charge >= 0.3 is 0 Å². The summed E-state index contributed by atoms with van der Waals surface area (Å²) in [7, 11) is 14.6. The third kappa shape index (κ3) is 30.6. The Balaban J connectivity index is 5.28. The molecule has 0 aromatic heterocycles. The highest BCUT2D eigenvalue weighted by Gasteiger charge is 2.24. The van der Waals surface area contributed by atoms with Crippen LogP contribution < -0.4 is 21.3 Å². The van der Waals surface area contributed by atoms with Gasteiger partial charge in [-0.15, -0.1) is 0 Å². The summed E-state index contributed by atoms with van der Waals surface area (Å²) in [5.41, 5.74) is -0.229. The fourth-order valence-electron chi connectivity index (χ4n) is 6.29. The summed E-state index contributed by atoms with van der Waals surface area (Å²) < 4.78 is 0. The Labute approximate surface area is 350 Å². The number of hydrogen-bond donors (Lipinski definition) is 4. The van der Waals surface area contributed by atoms with E-state index >= 15 is 0 Å². The Bertz CT molecular complexity index is 1170. The average Bonchev–Trinajstić information content (AvgIpc) is 3.07. The van der Waals surface area contributed by atoms with E-state index in [1.165, 1.54) is 0 Å². The number of unbranched alkanes of at least 4 members (excludes halogenated alkanes) is 4. The van der Waals surface area contributed by atoms with Gasteiger partial charge in [0.05, 0.1) is 26.2 Å². The molecule has 16 heteroatoms. The molecule has 0 aliphatic heterocycles. The number of nitrogens with one attached hydrogen (secondary N) is 4. The zero-order valence-corrected chi connectivity index (χ0v) is 38.1. The summed E-state index contributed by atoms with van der Waals surface area (Å²) >= 11 is 0. The first-order valence-corrected chi connectivity index (χ1v) is 21.1. The average molecular weight is 824 g/mol. The number of likely N-dealkylation sites (N-methyl/N-ethyl adjacent to an activating group) is 4. The molecule has 0 aliphatic carbocycles. The molecule has 0 heterocycles. The Morgan fingerprint density at radius 1 is 0.483 bits per heavy atom. The van der Waals surface area contributed by atoms with Crippen LogP contribution in [-0.2, 0) is 33.6 Å². The normalized spacial score (nSPS) is 12.7. The number of Topliss-reactive ketones (excluding diaryl/α,β-unsaturated/α-hetero) is 2. The van der Waals surface area contributed by atoms with Crippen LogP contribution in [-0.4, -0.2) is 186 Å². The van der Waals surface area contributed by atoms with Crippen molar-refractivity contribution in [2.24, 2.45) is 5.41 Å². The van der Waals surface area contributed by atoms with Crippen LogP contribution in [0.2, 0.25) is 0 Å². The smallest absolute Gasteiger partial charge is 0.242 e. The number of hydrogen-bond acceptors (Lipinski definition) is 11. The van der Waals surface area contributed by atoms with Crippen molar-refractivity contribution in [3.63, 3.8) is 0 Å². The van der Waals surface area contributed by atoms with Crippen molar-refractivity contribution >= 4 is 41.1 Å². The molecule has 4 N–H and O–H groups in total. The van der Waals surface area contributed by atoms with E-state index in [4.69, 9.17) is 0 Å². The number of carbonyl (C=O) groups is 7. The second-order valence-corrected chi connectivity index (χ2v) is 17.9. The number of carbonyl (C=O) groups excluding carboxylic acids is 7. The summed E-state index contributed by atoms with van der Waals surface area (Å²) in [5, 5.41) is 11.6. The fourth-order valence-corrected chi connectivity index (χ4v) is 6.29. The van der Waals surface area contributed by atoms with Crippen molar-refractivity contribution in [3.05, 3.63) is 0 Å². The zero-order valence-electron chi connectivity index (χ0n) is 38.1. The second-order valence-electron chi connectivity index (χ2n) is 17.9. The molecule has 0 aliphatic rings. The summed E-state index contributed by atoms with van der Waals surface area (Å²) in [6.45, 7) is 8.56. The third-order valence-electron chi connectivity index (χ3n) is 8.95. The minimum absolute atomic E-state index is 0.0130. The molecule has 0 fully saturated rings. The van der Waals surface area contributed by atoms with Gasteiger partial charge in [-0.1, -0.05) is 46.5 Å². The first-order valence-electron chi connectivity index (χ1n) is 21.1. The van der Waals surface area contributed by atoms with Gasteiger partial charge in [0.1, 0.15) is 23.7 Å². The van der Waals surface area contributed by atoms with Crippen LogP contribution in [0.15, 0.2) is 0 Å². The minimum Gasteiger partial charge on any atom is -0.354 e. The van der Waals surface area contributed by atoms with E-state index in [0.717, 1.165) is 25.7 Å². The summed E-state index contributed by atoms with van der Waals surface area (Å²) in [6, 6.07) is -1.41. The van der Waals surface area contributed by atoms with Gasteiger partial charge < -0.3 is 45.8 Å². The Kier molecular flexibility index (Phi) is 28.7. The van der Waals surface area contributed by atoms with Crippen LogP contribution >= 0.6 is 0 Å². The van der Waals surface area contributed by atoms with Gasteiger partial charge in [-0.2, -0.15) is 0 Å². The molecule has 5 amide bonds. The lowest BCUT2D eigenvalue weighted by atomic mass is 9.91. The maximum absolute atomic E-state index is 13.4. The standard InChI is InChI=1S/C42H81N9O7/c1-42(2,3)28-39(56)51(26-18-24-43-40(57)35(45-37(54)31-49(8)9)22-16-12-14-20-33(52)29-47(4)5)27-19-25-44-41(58)36(46-38(55)32-50(10)11)23-17-13-15-21-34(53)30-48(6)7/h35-36H,12-32H2,1-11H3,(H,43,57)(H,44,58)(H,45,54)(H,46,55). The molecular formula is C42H81N9O7. The van der Waals surface area contributed by atoms with Gasteiger partial charge in [-0.05, 0) is 100 Å². The molecule has 336 valence electrons. The number of rotatable bonds is 33. The minimum atomic E-state index is -0.707. The lowest BCUT2D eigenvalue weighted by molar-refractivity contribution is -0.133. The Morgan fingerprint density at radius 2 is 0.845 bits per heavy atom. The van der Waals surface area contributed by atoms with E-state index in [2.05, 4.69) is 21.3 Å². The monoisotopic (exact) mass is 824 g/mol. The molecule has 0 saturated carbocycles. The molecule has 0 radical (unpaired) electrons. The van der Waals surface area contributed by atoms with E-state index < -0.39 is 12.1 Å². The summed E-state index contributed by atoms with van der Waals surface area (Å²) in [5.74, 6) is -0.713. The maximum Gasteiger partial charge on any atom is 0.242 e. The van der Waals surface area contributed by atoms with Crippen LogP contribution in [0.4, 0.5) is 0 Å². The Morgan fingerprint density at radius 3 is 1.17 bits per heavy atom. The van der Waals surface area contributed by atoms with Gasteiger partial charge in [0.15, 0.2) is 0 Å². The third-order valence-corrected chi connectivity index (χ3v) is 8.95. The SMILES string of the molecule is CN(C)CC(=O)CCCCCC(NC(=O)CN(C)C)C(=O)NCCCN(CCCNC(=O)C(CCCCCC(=O)CN(C)C)NC(=O)CN(C)C)C(=O)CC(C)(C)C. The van der Waals surface area contributed by atoms with Crippen LogP contribution in [0.25, 0.3) is 0 Å². The van der Waals surface area contributed by atoms with Crippen LogP contribution in [0.3, 0.4) is 0 Å². The van der Waals surface area contributed by atoms with Crippen molar-refractivity contribution in [1.29, 1.82) is 0 Å². The zero-order chi connectivity index (χ0) is 44.3. The van der Waals surface area contributed by atoms with Crippen molar-refractivity contribution in [2.45, 2.75) is 116 Å². The van der Waals surface area contributed by atoms with Gasteiger partial charge in [0, 0.05) is 45.4 Å².